The quantitative estimate of drug-likeness (QED) is 0.677. The third-order valence-electron chi connectivity index (χ3n) is 4.18. The number of nitrogens with zero attached hydrogens (tertiary/aromatic N) is 1. The molecule has 0 amide bonds. The van der Waals surface area contributed by atoms with Gasteiger partial charge in [0.25, 0.3) is 0 Å². The van der Waals surface area contributed by atoms with Gasteiger partial charge in [-0.1, -0.05) is 42.5 Å². The van der Waals surface area contributed by atoms with Crippen LogP contribution in [0.5, 0.6) is 0 Å². The largest absolute Gasteiger partial charge is 0.358 e. The minimum Gasteiger partial charge on any atom is -0.358 e. The van der Waals surface area contributed by atoms with Crippen LogP contribution < -0.4 is 4.90 Å². The zero-order valence-electron chi connectivity index (χ0n) is 14.4. The Morgan fingerprint density at radius 3 is 2.38 bits per heavy atom. The summed E-state index contributed by atoms with van der Waals surface area (Å²) in [5.74, 6) is 1.03. The summed E-state index contributed by atoms with van der Waals surface area (Å²) in [7, 11) is 0. The van der Waals surface area contributed by atoms with Crippen LogP contribution in [0, 0.1) is 0 Å². The summed E-state index contributed by atoms with van der Waals surface area (Å²) in [6.45, 7) is 6.08. The molecule has 3 rings (SSSR count). The summed E-state index contributed by atoms with van der Waals surface area (Å²) in [6, 6.07) is 19.7. The molecule has 0 saturated heterocycles. The van der Waals surface area contributed by atoms with Crippen LogP contribution in [0.15, 0.2) is 59.5 Å². The van der Waals surface area contributed by atoms with Gasteiger partial charge in [0.1, 0.15) is 0 Å². The van der Waals surface area contributed by atoms with Crippen LogP contribution in [0.25, 0.3) is 0 Å². The molecule has 0 aromatic heterocycles. The number of ether oxygens (including phenoxy) is 2. The molecule has 0 spiro atoms. The molecule has 0 fully saturated rings. The Labute approximate surface area is 149 Å². The normalized spacial score (nSPS) is 17.1. The maximum atomic E-state index is 5.81. The third-order valence-corrected chi connectivity index (χ3v) is 5.32. The molecule has 0 N–H and O–H groups in total. The Hall–Kier alpha value is -1.49. The van der Waals surface area contributed by atoms with Gasteiger partial charge in [-0.15, -0.1) is 11.8 Å². The molecule has 1 unspecified atom stereocenters. The van der Waals surface area contributed by atoms with Crippen molar-refractivity contribution < 1.29 is 9.47 Å². The maximum absolute atomic E-state index is 5.81. The Morgan fingerprint density at radius 2 is 1.67 bits per heavy atom. The van der Waals surface area contributed by atoms with Gasteiger partial charge in [0.05, 0.1) is 18.3 Å². The molecule has 1 aliphatic rings. The lowest BCUT2D eigenvalue weighted by molar-refractivity contribution is -0.130. The van der Waals surface area contributed by atoms with E-state index in [0.717, 1.165) is 12.3 Å². The Bertz CT molecular complexity index is 629. The van der Waals surface area contributed by atoms with Crippen molar-refractivity contribution in [3.63, 3.8) is 0 Å². The molecule has 3 nitrogen and oxygen atoms in total. The van der Waals surface area contributed by atoms with Crippen LogP contribution in [0.4, 0.5) is 5.69 Å². The molecule has 2 aromatic carbocycles. The smallest absolute Gasteiger partial charge is 0.174 e. The van der Waals surface area contributed by atoms with Crippen LogP contribution in [-0.4, -0.2) is 31.8 Å². The number of thioether (sulfide) groups is 1. The number of hydrogen-bond donors (Lipinski definition) is 0. The molecule has 0 saturated carbocycles. The molecule has 2 aromatic rings. The van der Waals surface area contributed by atoms with Gasteiger partial charge in [0, 0.05) is 23.9 Å². The molecule has 1 atom stereocenters. The molecular weight excluding hydrogens is 318 g/mol. The predicted molar refractivity (Wildman–Crippen MR) is 101 cm³/mol. The molecule has 1 heterocycles. The zero-order chi connectivity index (χ0) is 16.8. The average Bonchev–Trinajstić information content (AvgIpc) is 2.63. The van der Waals surface area contributed by atoms with E-state index in [9.17, 15) is 0 Å². The van der Waals surface area contributed by atoms with Gasteiger partial charge in [0.15, 0.2) is 6.29 Å². The van der Waals surface area contributed by atoms with Gasteiger partial charge >= 0.3 is 0 Å². The summed E-state index contributed by atoms with van der Waals surface area (Å²) in [6.07, 6.45) is -0.206. The Kier molecular flexibility index (Phi) is 6.18. The fourth-order valence-corrected chi connectivity index (χ4v) is 4.32. The van der Waals surface area contributed by atoms with Gasteiger partial charge < -0.3 is 14.4 Å². The molecule has 0 aliphatic carbocycles. The van der Waals surface area contributed by atoms with Crippen molar-refractivity contribution in [2.45, 2.75) is 31.1 Å². The van der Waals surface area contributed by atoms with Crippen molar-refractivity contribution in [3.8, 4) is 0 Å². The average molecular weight is 343 g/mol. The number of hydrogen-bond acceptors (Lipinski definition) is 4. The molecule has 24 heavy (non-hydrogen) atoms. The molecule has 128 valence electrons. The summed E-state index contributed by atoms with van der Waals surface area (Å²) >= 11 is 1.93. The van der Waals surface area contributed by atoms with Crippen LogP contribution in [0.2, 0.25) is 0 Å². The van der Waals surface area contributed by atoms with E-state index in [2.05, 4.69) is 59.5 Å². The number of rotatable bonds is 7. The molecular formula is C20H25NO2S. The molecule has 0 bridgehead atoms. The SMILES string of the molecule is CCOC(CN1c2ccccc2SCC1c1ccccc1)OCC. The highest BCUT2D eigenvalue weighted by atomic mass is 32.2. The van der Waals surface area contributed by atoms with Gasteiger partial charge in [0.2, 0.25) is 0 Å². The fraction of sp³-hybridized carbons (Fsp3) is 0.400. The first-order chi connectivity index (χ1) is 11.8. The van der Waals surface area contributed by atoms with Crippen LogP contribution in [0.1, 0.15) is 25.5 Å². The summed E-state index contributed by atoms with van der Waals surface area (Å²) in [5, 5.41) is 0. The highest BCUT2D eigenvalue weighted by Crippen LogP contribution is 2.43. The Balaban J connectivity index is 1.91. The molecule has 4 heteroatoms. The monoisotopic (exact) mass is 343 g/mol. The van der Waals surface area contributed by atoms with Gasteiger partial charge in [-0.25, -0.2) is 0 Å². The van der Waals surface area contributed by atoms with Crippen molar-refractivity contribution in [1.29, 1.82) is 0 Å². The highest BCUT2D eigenvalue weighted by Gasteiger charge is 2.30. The van der Waals surface area contributed by atoms with E-state index < -0.39 is 0 Å². The van der Waals surface area contributed by atoms with Crippen molar-refractivity contribution >= 4 is 17.4 Å². The van der Waals surface area contributed by atoms with Gasteiger partial charge in [-0.05, 0) is 31.5 Å². The summed E-state index contributed by atoms with van der Waals surface area (Å²) in [4.78, 5) is 3.77. The van der Waals surface area contributed by atoms with E-state index in [4.69, 9.17) is 9.47 Å². The Morgan fingerprint density at radius 1 is 1.00 bits per heavy atom. The minimum atomic E-state index is -0.206. The first-order valence-corrected chi connectivity index (χ1v) is 9.58. The van der Waals surface area contributed by atoms with E-state index in [1.54, 1.807) is 0 Å². The highest BCUT2D eigenvalue weighted by molar-refractivity contribution is 7.99. The first kappa shape index (κ1) is 17.3. The fourth-order valence-electron chi connectivity index (χ4n) is 3.11. The molecule has 1 aliphatic heterocycles. The van der Waals surface area contributed by atoms with E-state index in [1.807, 2.05) is 25.6 Å². The van der Waals surface area contributed by atoms with Crippen molar-refractivity contribution in [1.82, 2.24) is 0 Å². The zero-order valence-corrected chi connectivity index (χ0v) is 15.2. The lowest BCUT2D eigenvalue weighted by atomic mass is 10.1. The second kappa shape index (κ2) is 8.56. The number of para-hydroxylation sites is 1. The number of fused-ring (bicyclic) bond motifs is 1. The van der Waals surface area contributed by atoms with Crippen LogP contribution in [-0.2, 0) is 9.47 Å². The van der Waals surface area contributed by atoms with E-state index >= 15 is 0 Å². The van der Waals surface area contributed by atoms with E-state index in [0.29, 0.717) is 19.3 Å². The number of benzene rings is 2. The van der Waals surface area contributed by atoms with Crippen LogP contribution in [0.3, 0.4) is 0 Å². The number of anilines is 1. The lowest BCUT2D eigenvalue weighted by Crippen LogP contribution is -2.41. The van der Waals surface area contributed by atoms with Crippen LogP contribution >= 0.6 is 11.8 Å². The second-order valence-electron chi connectivity index (χ2n) is 5.70. The molecule has 0 radical (unpaired) electrons. The van der Waals surface area contributed by atoms with Crippen molar-refractivity contribution in [2.75, 3.05) is 30.4 Å². The summed E-state index contributed by atoms with van der Waals surface area (Å²) in [5.41, 5.74) is 2.61. The predicted octanol–water partition coefficient (Wildman–Crippen LogP) is 4.74. The van der Waals surface area contributed by atoms with E-state index in [1.165, 1.54) is 16.1 Å². The second-order valence-corrected chi connectivity index (χ2v) is 6.76. The van der Waals surface area contributed by atoms with Gasteiger partial charge in [-0.2, -0.15) is 0 Å². The minimum absolute atomic E-state index is 0.206. The summed E-state index contributed by atoms with van der Waals surface area (Å²) < 4.78 is 11.6. The van der Waals surface area contributed by atoms with E-state index in [-0.39, 0.29) is 6.29 Å². The van der Waals surface area contributed by atoms with Gasteiger partial charge in [-0.3, -0.25) is 0 Å². The van der Waals surface area contributed by atoms with Crippen molar-refractivity contribution in [2.24, 2.45) is 0 Å². The third kappa shape index (κ3) is 3.94. The first-order valence-electron chi connectivity index (χ1n) is 8.60. The topological polar surface area (TPSA) is 21.7 Å². The standard InChI is InChI=1S/C20H25NO2S/c1-3-22-20(23-4-2)14-21-17-12-8-9-13-19(17)24-15-18(21)16-10-6-5-7-11-16/h5-13,18,20H,3-4,14-15H2,1-2H3. The maximum Gasteiger partial charge on any atom is 0.174 e. The lowest BCUT2D eigenvalue weighted by Gasteiger charge is -2.40. The van der Waals surface area contributed by atoms with Crippen molar-refractivity contribution in [3.05, 3.63) is 60.2 Å².